The zero-order valence-electron chi connectivity index (χ0n) is 11.0. The summed E-state index contributed by atoms with van der Waals surface area (Å²) in [5.74, 6) is 0. The van der Waals surface area contributed by atoms with E-state index in [4.69, 9.17) is 5.11 Å². The summed E-state index contributed by atoms with van der Waals surface area (Å²) in [7, 11) is -3.63. The van der Waals surface area contributed by atoms with Gasteiger partial charge in [-0.15, -0.1) is 0 Å². The Morgan fingerprint density at radius 1 is 1.50 bits per heavy atom. The molecule has 0 bridgehead atoms. The lowest BCUT2D eigenvalue weighted by Crippen LogP contribution is -2.46. The number of aryl methyl sites for hydroxylation is 1. The second-order valence-electron chi connectivity index (χ2n) is 4.54. The van der Waals surface area contributed by atoms with Crippen LogP contribution in [0.2, 0.25) is 0 Å². The molecule has 0 amide bonds. The fraction of sp³-hybridized carbons (Fsp3) is 0.727. The van der Waals surface area contributed by atoms with Crippen LogP contribution in [0.3, 0.4) is 0 Å². The van der Waals surface area contributed by atoms with Gasteiger partial charge in [0.2, 0.25) is 0 Å². The van der Waals surface area contributed by atoms with Crippen LogP contribution in [-0.4, -0.2) is 35.2 Å². The molecule has 0 radical (unpaired) electrons. The molecule has 1 aromatic heterocycles. The first kappa shape index (κ1) is 15.1. The van der Waals surface area contributed by atoms with Gasteiger partial charge in [0.15, 0.2) is 5.03 Å². The summed E-state index contributed by atoms with van der Waals surface area (Å²) in [4.78, 5) is 3.89. The minimum atomic E-state index is -3.63. The maximum atomic E-state index is 12.1. The quantitative estimate of drug-likeness (QED) is 0.768. The van der Waals surface area contributed by atoms with Crippen molar-refractivity contribution in [3.05, 3.63) is 12.5 Å². The number of hydrogen-bond acceptors (Lipinski definition) is 4. The van der Waals surface area contributed by atoms with E-state index in [0.29, 0.717) is 19.4 Å². The topological polar surface area (TPSA) is 84.2 Å². The van der Waals surface area contributed by atoms with Crippen LogP contribution in [0.4, 0.5) is 0 Å². The highest BCUT2D eigenvalue weighted by atomic mass is 32.2. The van der Waals surface area contributed by atoms with Gasteiger partial charge in [-0.3, -0.25) is 0 Å². The van der Waals surface area contributed by atoms with Crippen molar-refractivity contribution in [2.75, 3.05) is 6.61 Å². The van der Waals surface area contributed by atoms with Gasteiger partial charge in [0.25, 0.3) is 10.0 Å². The zero-order chi connectivity index (χ0) is 13.8. The third-order valence-corrected chi connectivity index (χ3v) is 4.60. The van der Waals surface area contributed by atoms with Gasteiger partial charge in [0.1, 0.15) is 0 Å². The van der Waals surface area contributed by atoms with Gasteiger partial charge < -0.3 is 9.67 Å². The van der Waals surface area contributed by atoms with E-state index in [1.165, 1.54) is 12.5 Å². The van der Waals surface area contributed by atoms with E-state index >= 15 is 0 Å². The molecule has 0 saturated carbocycles. The van der Waals surface area contributed by atoms with Crippen LogP contribution in [-0.2, 0) is 16.6 Å². The molecule has 1 rings (SSSR count). The van der Waals surface area contributed by atoms with Crippen LogP contribution < -0.4 is 4.72 Å². The molecular weight excluding hydrogens is 254 g/mol. The largest absolute Gasteiger partial charge is 0.396 e. The number of nitrogens with zero attached hydrogens (tertiary/aromatic N) is 2. The molecule has 0 aliphatic carbocycles. The number of nitrogens with one attached hydrogen (secondary N) is 1. The van der Waals surface area contributed by atoms with Crippen LogP contribution >= 0.6 is 0 Å². The number of aliphatic hydroxyl groups is 1. The number of aromatic nitrogens is 2. The normalized spacial score (nSPS) is 15.6. The predicted molar refractivity (Wildman–Crippen MR) is 68.6 cm³/mol. The Morgan fingerprint density at radius 2 is 2.17 bits per heavy atom. The Bertz CT molecular complexity index is 483. The number of aliphatic hydroxyl groups excluding tert-OH is 1. The Morgan fingerprint density at radius 3 is 2.61 bits per heavy atom. The van der Waals surface area contributed by atoms with Gasteiger partial charge in [-0.2, -0.15) is 0 Å². The second kappa shape index (κ2) is 5.81. The Labute approximate surface area is 108 Å². The van der Waals surface area contributed by atoms with E-state index in [-0.39, 0.29) is 11.6 Å². The van der Waals surface area contributed by atoms with Crippen molar-refractivity contribution in [1.82, 2.24) is 14.3 Å². The van der Waals surface area contributed by atoms with Crippen LogP contribution in [0.5, 0.6) is 0 Å². The number of sulfonamides is 1. The maximum absolute atomic E-state index is 12.1. The third kappa shape index (κ3) is 3.54. The van der Waals surface area contributed by atoms with Crippen molar-refractivity contribution in [3.63, 3.8) is 0 Å². The fourth-order valence-corrected chi connectivity index (χ4v) is 3.03. The predicted octanol–water partition coefficient (Wildman–Crippen LogP) is 0.732. The summed E-state index contributed by atoms with van der Waals surface area (Å²) in [5, 5.41) is 9.00. The van der Waals surface area contributed by atoms with Crippen LogP contribution in [0.15, 0.2) is 17.6 Å². The molecule has 0 saturated heterocycles. The molecule has 1 unspecified atom stereocenters. The molecule has 0 aromatic carbocycles. The van der Waals surface area contributed by atoms with Crippen molar-refractivity contribution in [3.8, 4) is 0 Å². The SMILES string of the molecule is CCn1cnc(S(=O)(=O)NC(C)(CC)CCO)c1. The van der Waals surface area contributed by atoms with Gasteiger partial charge >= 0.3 is 0 Å². The summed E-state index contributed by atoms with van der Waals surface area (Å²) >= 11 is 0. The Kier molecular flexibility index (Phi) is 4.89. The van der Waals surface area contributed by atoms with Gasteiger partial charge in [0.05, 0.1) is 6.33 Å². The average Bonchev–Trinajstić information content (AvgIpc) is 2.78. The summed E-state index contributed by atoms with van der Waals surface area (Å²) < 4.78 is 28.6. The lowest BCUT2D eigenvalue weighted by atomic mass is 9.97. The first-order valence-corrected chi connectivity index (χ1v) is 7.52. The minimum Gasteiger partial charge on any atom is -0.396 e. The van der Waals surface area contributed by atoms with Crippen LogP contribution in [0.1, 0.15) is 33.6 Å². The molecule has 0 aliphatic rings. The maximum Gasteiger partial charge on any atom is 0.260 e. The van der Waals surface area contributed by atoms with Gasteiger partial charge in [-0.1, -0.05) is 6.92 Å². The monoisotopic (exact) mass is 275 g/mol. The van der Waals surface area contributed by atoms with Gasteiger partial charge in [0, 0.05) is 24.9 Å². The first-order chi connectivity index (χ1) is 8.37. The second-order valence-corrected chi connectivity index (χ2v) is 6.16. The lowest BCUT2D eigenvalue weighted by molar-refractivity contribution is 0.233. The number of hydrogen-bond donors (Lipinski definition) is 2. The van der Waals surface area contributed by atoms with E-state index < -0.39 is 15.6 Å². The van der Waals surface area contributed by atoms with Crippen molar-refractivity contribution < 1.29 is 13.5 Å². The van der Waals surface area contributed by atoms with Crippen molar-refractivity contribution in [2.24, 2.45) is 0 Å². The molecule has 18 heavy (non-hydrogen) atoms. The van der Waals surface area contributed by atoms with E-state index in [0.717, 1.165) is 0 Å². The summed E-state index contributed by atoms with van der Waals surface area (Å²) in [5.41, 5.74) is -0.649. The summed E-state index contributed by atoms with van der Waals surface area (Å²) in [6, 6.07) is 0. The molecule has 6 nitrogen and oxygen atoms in total. The molecule has 0 fully saturated rings. The van der Waals surface area contributed by atoms with Crippen LogP contribution in [0, 0.1) is 0 Å². The molecule has 2 N–H and O–H groups in total. The summed E-state index contributed by atoms with van der Waals surface area (Å²) in [6.07, 6.45) is 3.96. The van der Waals surface area contributed by atoms with Crippen molar-refractivity contribution in [1.29, 1.82) is 0 Å². The van der Waals surface area contributed by atoms with Gasteiger partial charge in [-0.25, -0.2) is 18.1 Å². The van der Waals surface area contributed by atoms with Crippen molar-refractivity contribution >= 4 is 10.0 Å². The van der Waals surface area contributed by atoms with E-state index in [1.807, 2.05) is 13.8 Å². The highest BCUT2D eigenvalue weighted by Gasteiger charge is 2.29. The molecule has 0 aliphatic heterocycles. The molecule has 104 valence electrons. The lowest BCUT2D eigenvalue weighted by Gasteiger charge is -2.27. The van der Waals surface area contributed by atoms with Gasteiger partial charge in [-0.05, 0) is 26.7 Å². The molecule has 1 atom stereocenters. The molecular formula is C11H21N3O3S. The zero-order valence-corrected chi connectivity index (χ0v) is 11.9. The number of rotatable bonds is 7. The standard InChI is InChI=1S/C11H21N3O3S/c1-4-11(3,6-7-15)13-18(16,17)10-8-14(5-2)9-12-10/h8-9,13,15H,4-7H2,1-3H3. The highest BCUT2D eigenvalue weighted by molar-refractivity contribution is 7.89. The van der Waals surface area contributed by atoms with E-state index in [2.05, 4.69) is 9.71 Å². The molecule has 7 heteroatoms. The third-order valence-electron chi connectivity index (χ3n) is 3.07. The van der Waals surface area contributed by atoms with E-state index in [1.54, 1.807) is 11.5 Å². The molecule has 0 spiro atoms. The highest BCUT2D eigenvalue weighted by Crippen LogP contribution is 2.18. The first-order valence-electron chi connectivity index (χ1n) is 6.03. The van der Waals surface area contributed by atoms with Crippen molar-refractivity contribution in [2.45, 2.75) is 50.7 Å². The van der Waals surface area contributed by atoms with E-state index in [9.17, 15) is 8.42 Å². The number of imidazole rings is 1. The molecule has 1 aromatic rings. The Hall–Kier alpha value is -0.920. The Balaban J connectivity index is 2.93. The minimum absolute atomic E-state index is 0.0157. The average molecular weight is 275 g/mol. The fourth-order valence-electron chi connectivity index (χ4n) is 1.57. The summed E-state index contributed by atoms with van der Waals surface area (Å²) in [6.45, 7) is 6.17. The molecule has 1 heterocycles. The smallest absolute Gasteiger partial charge is 0.260 e. The van der Waals surface area contributed by atoms with Crippen LogP contribution in [0.25, 0.3) is 0 Å².